The lowest BCUT2D eigenvalue weighted by molar-refractivity contribution is -0.135. The number of rotatable bonds is 4. The van der Waals surface area contributed by atoms with Gasteiger partial charge in [-0.1, -0.05) is 5.16 Å². The monoisotopic (exact) mass is 299 g/mol. The summed E-state index contributed by atoms with van der Waals surface area (Å²) in [6, 6.07) is -1.19. The van der Waals surface area contributed by atoms with Crippen molar-refractivity contribution >= 4 is 28.5 Å². The van der Waals surface area contributed by atoms with Gasteiger partial charge < -0.3 is 20.2 Å². The molecule has 18 heavy (non-hydrogen) atoms. The predicted octanol–water partition coefficient (Wildman–Crippen LogP) is -0.769. The molecule has 104 valence electrons. The second-order valence-electron chi connectivity index (χ2n) is 3.35. The fourth-order valence-electron chi connectivity index (χ4n) is 1.14. The van der Waals surface area contributed by atoms with Crippen molar-refractivity contribution in [1.29, 1.82) is 0 Å². The first-order valence-electron chi connectivity index (χ1n) is 4.66. The molecule has 0 unspecified atom stereocenters. The van der Waals surface area contributed by atoms with Gasteiger partial charge in [-0.25, -0.2) is 4.79 Å². The van der Waals surface area contributed by atoms with Crippen LogP contribution in [0.2, 0.25) is 0 Å². The van der Waals surface area contributed by atoms with Crippen LogP contribution in [0.4, 0.5) is 0 Å². The number of carbonyl (C=O) groups is 1. The van der Waals surface area contributed by atoms with E-state index in [0.29, 0.717) is 0 Å². The lowest BCUT2D eigenvalue weighted by atomic mass is 10.3. The van der Waals surface area contributed by atoms with Crippen LogP contribution in [0.1, 0.15) is 11.5 Å². The van der Waals surface area contributed by atoms with Crippen LogP contribution in [-0.4, -0.2) is 32.1 Å². The van der Waals surface area contributed by atoms with Crippen molar-refractivity contribution in [1.82, 2.24) is 5.16 Å². The van der Waals surface area contributed by atoms with E-state index in [1.165, 1.54) is 13.8 Å². The maximum Gasteiger partial charge on any atom is 0.347 e. The molecule has 1 aromatic rings. The molecular weight excluding hydrogens is 286 g/mol. The Morgan fingerprint density at radius 2 is 2.06 bits per heavy atom. The first-order chi connectivity index (χ1) is 7.79. The number of nitrogens with zero attached hydrogens (tertiary/aromatic N) is 1. The van der Waals surface area contributed by atoms with Gasteiger partial charge in [-0.2, -0.15) is 8.42 Å². The molecule has 1 atom stereocenters. The van der Waals surface area contributed by atoms with Crippen LogP contribution in [0, 0.1) is 13.8 Å². The Balaban J connectivity index is 0.00000289. The van der Waals surface area contributed by atoms with Crippen LogP contribution in [0.15, 0.2) is 9.42 Å². The Labute approximate surface area is 110 Å². The van der Waals surface area contributed by atoms with Crippen LogP contribution in [0.5, 0.6) is 0 Å². The van der Waals surface area contributed by atoms with Gasteiger partial charge in [-0.05, 0) is 13.8 Å². The van der Waals surface area contributed by atoms with Crippen molar-refractivity contribution in [2.75, 3.05) is 6.54 Å². The molecule has 0 aliphatic rings. The molecule has 0 aromatic carbocycles. The SMILES string of the molecule is Cc1noc(C)c1S(=O)(=O)OC(=O)[C@@H](N)CN.Cl. The van der Waals surface area contributed by atoms with E-state index in [4.69, 9.17) is 11.5 Å². The molecule has 0 saturated heterocycles. The van der Waals surface area contributed by atoms with Gasteiger partial charge >= 0.3 is 16.1 Å². The first kappa shape index (κ1) is 16.8. The van der Waals surface area contributed by atoms with Crippen molar-refractivity contribution in [3.8, 4) is 0 Å². The Kier molecular flexibility index (Phi) is 5.74. The summed E-state index contributed by atoms with van der Waals surface area (Å²) < 4.78 is 32.5. The normalized spacial score (nSPS) is 12.7. The van der Waals surface area contributed by atoms with E-state index >= 15 is 0 Å². The van der Waals surface area contributed by atoms with E-state index in [1.807, 2.05) is 0 Å². The fraction of sp³-hybridized carbons (Fsp3) is 0.500. The van der Waals surface area contributed by atoms with Gasteiger partial charge in [0, 0.05) is 6.54 Å². The minimum Gasteiger partial charge on any atom is -0.360 e. The summed E-state index contributed by atoms with van der Waals surface area (Å²) in [6.45, 7) is 2.60. The molecule has 1 heterocycles. The Bertz CT molecular complexity index is 507. The van der Waals surface area contributed by atoms with Gasteiger partial charge in [-0.3, -0.25) is 0 Å². The van der Waals surface area contributed by atoms with Crippen molar-refractivity contribution in [2.45, 2.75) is 24.8 Å². The number of aryl methyl sites for hydroxylation is 2. The average molecular weight is 300 g/mol. The zero-order valence-electron chi connectivity index (χ0n) is 9.74. The highest BCUT2D eigenvalue weighted by atomic mass is 35.5. The standard InChI is InChI=1S/C8H13N3O5S.ClH/c1-4-7(5(2)15-11-4)17(13,14)16-8(12)6(10)3-9;/h6H,3,9-10H2,1-2H3;1H/t6-;/m0./s1. The molecule has 0 fully saturated rings. The van der Waals surface area contributed by atoms with Gasteiger partial charge in [-0.15, -0.1) is 12.4 Å². The summed E-state index contributed by atoms with van der Waals surface area (Å²) in [4.78, 5) is 11.0. The third kappa shape index (κ3) is 3.42. The van der Waals surface area contributed by atoms with Crippen molar-refractivity contribution in [3.63, 3.8) is 0 Å². The molecule has 10 heteroatoms. The quantitative estimate of drug-likeness (QED) is 0.691. The third-order valence-electron chi connectivity index (χ3n) is 1.97. The van der Waals surface area contributed by atoms with Crippen LogP contribution < -0.4 is 11.5 Å². The summed E-state index contributed by atoms with van der Waals surface area (Å²) >= 11 is 0. The largest absolute Gasteiger partial charge is 0.360 e. The van der Waals surface area contributed by atoms with Crippen molar-refractivity contribution in [2.24, 2.45) is 11.5 Å². The number of aromatic nitrogens is 1. The summed E-state index contributed by atoms with van der Waals surface area (Å²) in [5, 5.41) is 3.45. The molecular formula is C8H14ClN3O5S. The second-order valence-corrected chi connectivity index (χ2v) is 4.84. The maximum atomic E-state index is 11.7. The van der Waals surface area contributed by atoms with Gasteiger partial charge in [0.15, 0.2) is 10.7 Å². The van der Waals surface area contributed by atoms with Crippen molar-refractivity contribution in [3.05, 3.63) is 11.5 Å². The van der Waals surface area contributed by atoms with E-state index in [1.54, 1.807) is 0 Å². The lowest BCUT2D eigenvalue weighted by Gasteiger charge is -2.08. The number of hydrogen-bond acceptors (Lipinski definition) is 8. The first-order valence-corrected chi connectivity index (χ1v) is 6.07. The van der Waals surface area contributed by atoms with Gasteiger partial charge in [0.05, 0.1) is 0 Å². The van der Waals surface area contributed by atoms with Crippen LogP contribution in [-0.2, 0) is 19.1 Å². The van der Waals surface area contributed by atoms with E-state index in [2.05, 4.69) is 13.9 Å². The van der Waals surface area contributed by atoms with Gasteiger partial charge in [0.25, 0.3) is 0 Å². The average Bonchev–Trinajstić information content (AvgIpc) is 2.57. The zero-order valence-corrected chi connectivity index (χ0v) is 11.4. The van der Waals surface area contributed by atoms with Gasteiger partial charge in [0.2, 0.25) is 0 Å². The van der Waals surface area contributed by atoms with Gasteiger partial charge in [0.1, 0.15) is 11.7 Å². The van der Waals surface area contributed by atoms with E-state index in [9.17, 15) is 13.2 Å². The van der Waals surface area contributed by atoms with E-state index in [0.717, 1.165) is 0 Å². The molecule has 0 radical (unpaired) electrons. The van der Waals surface area contributed by atoms with Crippen LogP contribution >= 0.6 is 12.4 Å². The Morgan fingerprint density at radius 3 is 2.44 bits per heavy atom. The Morgan fingerprint density at radius 1 is 1.50 bits per heavy atom. The highest BCUT2D eigenvalue weighted by Gasteiger charge is 2.30. The summed E-state index contributed by atoms with van der Waals surface area (Å²) in [5.74, 6) is -1.08. The molecule has 8 nitrogen and oxygen atoms in total. The topological polar surface area (TPSA) is 139 Å². The molecule has 1 aromatic heterocycles. The zero-order chi connectivity index (χ0) is 13.2. The fourth-order valence-corrected chi connectivity index (χ4v) is 2.35. The molecule has 0 aliphatic heterocycles. The highest BCUT2D eigenvalue weighted by Crippen LogP contribution is 2.21. The lowest BCUT2D eigenvalue weighted by Crippen LogP contribution is -2.40. The predicted molar refractivity (Wildman–Crippen MR) is 63.5 cm³/mol. The number of carbonyl (C=O) groups excluding carboxylic acids is 1. The third-order valence-corrected chi connectivity index (χ3v) is 3.43. The minimum absolute atomic E-state index is 0. The Hall–Kier alpha value is -1.16. The highest BCUT2D eigenvalue weighted by molar-refractivity contribution is 7.87. The van der Waals surface area contributed by atoms with Crippen LogP contribution in [0.3, 0.4) is 0 Å². The molecule has 0 spiro atoms. The maximum absolute atomic E-state index is 11.7. The van der Waals surface area contributed by atoms with E-state index < -0.39 is 22.1 Å². The number of nitrogens with two attached hydrogens (primary N) is 2. The van der Waals surface area contributed by atoms with E-state index in [-0.39, 0.29) is 35.3 Å². The molecule has 0 saturated carbocycles. The smallest absolute Gasteiger partial charge is 0.347 e. The molecule has 0 aliphatic carbocycles. The van der Waals surface area contributed by atoms with Crippen LogP contribution in [0.25, 0.3) is 0 Å². The molecule has 4 N–H and O–H groups in total. The summed E-state index contributed by atoms with van der Waals surface area (Å²) in [6.07, 6.45) is 0. The second kappa shape index (κ2) is 6.14. The number of halogens is 1. The molecule has 0 bridgehead atoms. The molecule has 1 rings (SSSR count). The summed E-state index contributed by atoms with van der Waals surface area (Å²) in [5.41, 5.74) is 10.5. The minimum atomic E-state index is -4.27. The van der Waals surface area contributed by atoms with Crippen molar-refractivity contribution < 1.29 is 21.9 Å². The number of hydrogen-bond donors (Lipinski definition) is 2. The summed E-state index contributed by atoms with van der Waals surface area (Å²) in [7, 11) is -4.27. The molecule has 0 amide bonds.